The zero-order chi connectivity index (χ0) is 9.80. The lowest BCUT2D eigenvalue weighted by Gasteiger charge is -2.06. The smallest absolute Gasteiger partial charge is 0.0522 e. The second kappa shape index (κ2) is 4.57. The first kappa shape index (κ1) is 9.68. The van der Waals surface area contributed by atoms with Gasteiger partial charge < -0.3 is 10.5 Å². The highest BCUT2D eigenvalue weighted by molar-refractivity contribution is 5.04. The molecule has 78 valence electrons. The predicted molar refractivity (Wildman–Crippen MR) is 53.9 cm³/mol. The Morgan fingerprint density at radius 1 is 1.64 bits per heavy atom. The third kappa shape index (κ3) is 2.33. The lowest BCUT2D eigenvalue weighted by molar-refractivity contribution is 0.181. The average molecular weight is 195 g/mol. The first-order valence-electron chi connectivity index (χ1n) is 5.17. The Morgan fingerprint density at radius 2 is 2.57 bits per heavy atom. The van der Waals surface area contributed by atoms with Crippen molar-refractivity contribution in [1.82, 2.24) is 9.78 Å². The van der Waals surface area contributed by atoms with Gasteiger partial charge in [0.15, 0.2) is 0 Å². The minimum Gasteiger partial charge on any atom is -0.381 e. The van der Waals surface area contributed by atoms with E-state index < -0.39 is 0 Å². The fourth-order valence-corrected chi connectivity index (χ4v) is 1.79. The Balaban J connectivity index is 1.88. The molecule has 0 bridgehead atoms. The van der Waals surface area contributed by atoms with E-state index in [0.717, 1.165) is 32.6 Å². The zero-order valence-corrected chi connectivity index (χ0v) is 8.35. The van der Waals surface area contributed by atoms with Crippen molar-refractivity contribution in [3.63, 3.8) is 0 Å². The van der Waals surface area contributed by atoms with Crippen molar-refractivity contribution in [1.29, 1.82) is 0 Å². The maximum absolute atomic E-state index is 5.48. The first-order valence-corrected chi connectivity index (χ1v) is 5.17. The summed E-state index contributed by atoms with van der Waals surface area (Å²) in [5, 5.41) is 4.30. The van der Waals surface area contributed by atoms with E-state index in [4.69, 9.17) is 10.5 Å². The lowest BCUT2D eigenvalue weighted by Crippen LogP contribution is -2.10. The van der Waals surface area contributed by atoms with Crippen LogP contribution in [0.2, 0.25) is 0 Å². The fraction of sp³-hybridized carbons (Fsp3) is 0.700. The van der Waals surface area contributed by atoms with E-state index in [-0.39, 0.29) is 0 Å². The summed E-state index contributed by atoms with van der Waals surface area (Å²) in [6.45, 7) is 3.45. The Morgan fingerprint density at radius 3 is 3.29 bits per heavy atom. The van der Waals surface area contributed by atoms with Crippen LogP contribution in [0.5, 0.6) is 0 Å². The quantitative estimate of drug-likeness (QED) is 0.757. The molecule has 1 aromatic heterocycles. The number of nitrogens with zero attached hydrogens (tertiary/aromatic N) is 2. The lowest BCUT2D eigenvalue weighted by atomic mass is 10.1. The summed E-state index contributed by atoms with van der Waals surface area (Å²) in [5.41, 5.74) is 6.70. The normalized spacial score (nSPS) is 21.6. The van der Waals surface area contributed by atoms with Crippen molar-refractivity contribution in [3.8, 4) is 0 Å². The van der Waals surface area contributed by atoms with Gasteiger partial charge in [0.1, 0.15) is 0 Å². The molecule has 2 heterocycles. The summed E-state index contributed by atoms with van der Waals surface area (Å²) >= 11 is 0. The highest BCUT2D eigenvalue weighted by atomic mass is 16.5. The SMILES string of the molecule is NCCc1cnn(C[C@H]2CCOC2)c1. The van der Waals surface area contributed by atoms with Gasteiger partial charge in [0.25, 0.3) is 0 Å². The Kier molecular flexibility index (Phi) is 3.16. The molecule has 0 amide bonds. The van der Waals surface area contributed by atoms with E-state index in [2.05, 4.69) is 11.3 Å². The van der Waals surface area contributed by atoms with Gasteiger partial charge in [-0.25, -0.2) is 0 Å². The largest absolute Gasteiger partial charge is 0.381 e. The molecule has 0 aliphatic carbocycles. The van der Waals surface area contributed by atoms with Gasteiger partial charge in [-0.3, -0.25) is 4.68 Å². The standard InChI is InChI=1S/C10H17N3O/c11-3-1-9-5-12-13(6-9)7-10-2-4-14-8-10/h5-6,10H,1-4,7-8,11H2/t10-/m1/s1. The van der Waals surface area contributed by atoms with Crippen molar-refractivity contribution in [2.24, 2.45) is 11.7 Å². The van der Waals surface area contributed by atoms with Gasteiger partial charge in [-0.1, -0.05) is 0 Å². The molecule has 1 aliphatic rings. The zero-order valence-electron chi connectivity index (χ0n) is 8.35. The molecule has 1 aliphatic heterocycles. The monoisotopic (exact) mass is 195 g/mol. The molecular formula is C10H17N3O. The maximum Gasteiger partial charge on any atom is 0.0522 e. The molecule has 0 unspecified atom stereocenters. The number of nitrogens with two attached hydrogens (primary N) is 1. The van der Waals surface area contributed by atoms with Crippen molar-refractivity contribution < 1.29 is 4.74 Å². The molecule has 2 rings (SSSR count). The maximum atomic E-state index is 5.48. The van der Waals surface area contributed by atoms with Gasteiger partial charge in [0.2, 0.25) is 0 Å². The van der Waals surface area contributed by atoms with Crippen LogP contribution in [0.4, 0.5) is 0 Å². The molecule has 0 spiro atoms. The van der Waals surface area contributed by atoms with Crippen LogP contribution in [-0.4, -0.2) is 29.5 Å². The van der Waals surface area contributed by atoms with E-state index >= 15 is 0 Å². The highest BCUT2D eigenvalue weighted by Gasteiger charge is 2.16. The molecular weight excluding hydrogens is 178 g/mol. The van der Waals surface area contributed by atoms with E-state index in [1.807, 2.05) is 10.9 Å². The van der Waals surface area contributed by atoms with Crippen LogP contribution < -0.4 is 5.73 Å². The van der Waals surface area contributed by atoms with Crippen molar-refractivity contribution in [2.75, 3.05) is 19.8 Å². The first-order chi connectivity index (χ1) is 6.88. The average Bonchev–Trinajstić information content (AvgIpc) is 2.79. The van der Waals surface area contributed by atoms with Crippen LogP contribution in [0.15, 0.2) is 12.4 Å². The topological polar surface area (TPSA) is 53.1 Å². The van der Waals surface area contributed by atoms with Gasteiger partial charge in [-0.05, 0) is 24.9 Å². The molecule has 0 aromatic carbocycles. The molecule has 4 nitrogen and oxygen atoms in total. The molecule has 4 heteroatoms. The number of aromatic nitrogens is 2. The van der Waals surface area contributed by atoms with Crippen LogP contribution in [0.25, 0.3) is 0 Å². The molecule has 1 atom stereocenters. The molecule has 0 saturated carbocycles. The van der Waals surface area contributed by atoms with E-state index in [9.17, 15) is 0 Å². The summed E-state index contributed by atoms with van der Waals surface area (Å²) < 4.78 is 7.33. The van der Waals surface area contributed by atoms with Gasteiger partial charge >= 0.3 is 0 Å². The third-order valence-corrected chi connectivity index (χ3v) is 2.59. The molecule has 1 saturated heterocycles. The minimum atomic E-state index is 0.639. The molecule has 1 fully saturated rings. The van der Waals surface area contributed by atoms with Crippen molar-refractivity contribution in [3.05, 3.63) is 18.0 Å². The molecule has 0 radical (unpaired) electrons. The van der Waals surface area contributed by atoms with E-state index in [1.165, 1.54) is 5.56 Å². The Hall–Kier alpha value is -0.870. The molecule has 14 heavy (non-hydrogen) atoms. The minimum absolute atomic E-state index is 0.639. The summed E-state index contributed by atoms with van der Waals surface area (Å²) in [4.78, 5) is 0. The fourth-order valence-electron chi connectivity index (χ4n) is 1.79. The second-order valence-electron chi connectivity index (χ2n) is 3.84. The Labute approximate surface area is 84.0 Å². The summed E-state index contributed by atoms with van der Waals surface area (Å²) in [5.74, 6) is 0.639. The van der Waals surface area contributed by atoms with Crippen molar-refractivity contribution >= 4 is 0 Å². The van der Waals surface area contributed by atoms with E-state index in [1.54, 1.807) is 0 Å². The number of hydrogen-bond acceptors (Lipinski definition) is 3. The molecule has 2 N–H and O–H groups in total. The summed E-state index contributed by atoms with van der Waals surface area (Å²) in [6, 6.07) is 0. The summed E-state index contributed by atoms with van der Waals surface area (Å²) in [6.07, 6.45) is 6.07. The summed E-state index contributed by atoms with van der Waals surface area (Å²) in [7, 11) is 0. The van der Waals surface area contributed by atoms with Crippen molar-refractivity contribution in [2.45, 2.75) is 19.4 Å². The third-order valence-electron chi connectivity index (χ3n) is 2.59. The van der Waals surface area contributed by atoms with Crippen LogP contribution in [-0.2, 0) is 17.7 Å². The highest BCUT2D eigenvalue weighted by Crippen LogP contribution is 2.14. The number of ether oxygens (including phenoxy) is 1. The van der Waals surface area contributed by atoms with Crippen LogP contribution in [0.3, 0.4) is 0 Å². The van der Waals surface area contributed by atoms with Crippen LogP contribution in [0.1, 0.15) is 12.0 Å². The van der Waals surface area contributed by atoms with Gasteiger partial charge in [-0.15, -0.1) is 0 Å². The Bertz CT molecular complexity index is 279. The number of rotatable bonds is 4. The van der Waals surface area contributed by atoms with E-state index in [0.29, 0.717) is 12.5 Å². The van der Waals surface area contributed by atoms with Gasteiger partial charge in [0.05, 0.1) is 12.8 Å². The number of hydrogen-bond donors (Lipinski definition) is 1. The van der Waals surface area contributed by atoms with Crippen LogP contribution >= 0.6 is 0 Å². The second-order valence-corrected chi connectivity index (χ2v) is 3.84. The van der Waals surface area contributed by atoms with Gasteiger partial charge in [-0.2, -0.15) is 5.10 Å². The van der Waals surface area contributed by atoms with Crippen LogP contribution in [0, 0.1) is 5.92 Å². The molecule has 1 aromatic rings. The van der Waals surface area contributed by atoms with Gasteiger partial charge in [0, 0.05) is 25.3 Å². The predicted octanol–water partition coefficient (Wildman–Crippen LogP) is 0.421.